The fourth-order valence-corrected chi connectivity index (χ4v) is 1.96. The molecular weight excluding hydrogens is 250 g/mol. The van der Waals surface area contributed by atoms with E-state index in [2.05, 4.69) is 15.6 Å². The van der Waals surface area contributed by atoms with Crippen LogP contribution >= 0.6 is 0 Å². The molecule has 1 unspecified atom stereocenters. The fraction of sp³-hybridized carbons (Fsp3) is 0.455. The summed E-state index contributed by atoms with van der Waals surface area (Å²) in [7, 11) is 3.36. The van der Waals surface area contributed by atoms with E-state index in [1.807, 2.05) is 0 Å². The topological polar surface area (TPSA) is 100 Å². The van der Waals surface area contributed by atoms with Crippen LogP contribution in [0.1, 0.15) is 6.42 Å². The maximum absolute atomic E-state index is 11.8. The van der Waals surface area contributed by atoms with Gasteiger partial charge in [-0.05, 0) is 6.42 Å². The Morgan fingerprint density at radius 3 is 2.68 bits per heavy atom. The van der Waals surface area contributed by atoms with Crippen LogP contribution in [0.25, 0.3) is 0 Å². The summed E-state index contributed by atoms with van der Waals surface area (Å²) in [6.07, 6.45) is 0.661. The van der Waals surface area contributed by atoms with Crippen LogP contribution in [0.2, 0.25) is 0 Å². The quantitative estimate of drug-likeness (QED) is 0.613. The number of nitrogens with zero attached hydrogens (tertiary/aromatic N) is 3. The molecule has 102 valence electrons. The molecule has 1 atom stereocenters. The molecule has 8 heteroatoms. The van der Waals surface area contributed by atoms with Gasteiger partial charge in [-0.1, -0.05) is 0 Å². The summed E-state index contributed by atoms with van der Waals surface area (Å²) in [5.41, 5.74) is -0.0688. The molecule has 8 nitrogen and oxygen atoms in total. The lowest BCUT2D eigenvalue weighted by molar-refractivity contribution is -0.384. The highest BCUT2D eigenvalue weighted by molar-refractivity contribution is 5.86. The number of carbonyl (C=O) groups excluding carboxylic acids is 1. The molecule has 2 N–H and O–H groups in total. The zero-order valence-electron chi connectivity index (χ0n) is 10.7. The van der Waals surface area contributed by atoms with Gasteiger partial charge in [-0.25, -0.2) is 4.98 Å². The number of rotatable bonds is 4. The standard InChI is InChI=1S/C11H15N5O3/c1-12-9-5-7(16(18)19)6-10(14-9)13-8-3-4-15(2)11(8)17/h5-6,8H,3-4H2,1-2H3,(H2,12,13,14). The summed E-state index contributed by atoms with van der Waals surface area (Å²) in [6.45, 7) is 0.671. The molecule has 1 aliphatic rings. The number of likely N-dealkylation sites (tertiary alicyclic amines) is 1. The van der Waals surface area contributed by atoms with Crippen LogP contribution in [0.15, 0.2) is 12.1 Å². The molecule has 0 aliphatic carbocycles. The van der Waals surface area contributed by atoms with Gasteiger partial charge in [-0.3, -0.25) is 14.9 Å². The van der Waals surface area contributed by atoms with Gasteiger partial charge in [0, 0.05) is 20.6 Å². The van der Waals surface area contributed by atoms with Crippen molar-refractivity contribution in [2.45, 2.75) is 12.5 Å². The van der Waals surface area contributed by atoms with E-state index < -0.39 is 4.92 Å². The minimum absolute atomic E-state index is 0.0284. The predicted octanol–water partition coefficient (Wildman–Crippen LogP) is 0.674. The number of carbonyl (C=O) groups is 1. The monoisotopic (exact) mass is 265 g/mol. The van der Waals surface area contributed by atoms with Gasteiger partial charge in [0.2, 0.25) is 5.91 Å². The second kappa shape index (κ2) is 5.09. The van der Waals surface area contributed by atoms with E-state index in [1.54, 1.807) is 19.0 Å². The first-order valence-electron chi connectivity index (χ1n) is 5.87. The molecule has 0 spiro atoms. The molecule has 0 saturated carbocycles. The molecule has 1 aromatic rings. The Kier molecular flexibility index (Phi) is 3.50. The smallest absolute Gasteiger partial charge is 0.276 e. The lowest BCUT2D eigenvalue weighted by atomic mass is 10.2. The van der Waals surface area contributed by atoms with E-state index in [1.165, 1.54) is 12.1 Å². The van der Waals surface area contributed by atoms with Crippen molar-refractivity contribution in [1.29, 1.82) is 0 Å². The number of pyridine rings is 1. The van der Waals surface area contributed by atoms with Crippen LogP contribution in [-0.2, 0) is 4.79 Å². The first-order chi connectivity index (χ1) is 9.01. The van der Waals surface area contributed by atoms with Gasteiger partial charge in [0.25, 0.3) is 5.69 Å². The van der Waals surface area contributed by atoms with E-state index >= 15 is 0 Å². The highest BCUT2D eigenvalue weighted by atomic mass is 16.6. The van der Waals surface area contributed by atoms with Crippen LogP contribution < -0.4 is 10.6 Å². The van der Waals surface area contributed by atoms with Gasteiger partial charge in [0.1, 0.15) is 17.7 Å². The SMILES string of the molecule is CNc1cc([N+](=O)[O-])cc(NC2CCN(C)C2=O)n1. The summed E-state index contributed by atoms with van der Waals surface area (Å²) in [5, 5.41) is 16.5. The van der Waals surface area contributed by atoms with Crippen LogP contribution in [0.4, 0.5) is 17.3 Å². The molecule has 1 saturated heterocycles. The molecule has 1 aliphatic heterocycles. The zero-order valence-corrected chi connectivity index (χ0v) is 10.7. The van der Waals surface area contributed by atoms with Crippen molar-refractivity contribution in [2.75, 3.05) is 31.3 Å². The van der Waals surface area contributed by atoms with Gasteiger partial charge in [0.05, 0.1) is 17.1 Å². The molecule has 2 rings (SSSR count). The van der Waals surface area contributed by atoms with E-state index in [0.717, 1.165) is 0 Å². The minimum Gasteiger partial charge on any atom is -0.373 e. The highest BCUT2D eigenvalue weighted by Crippen LogP contribution is 2.22. The second-order valence-electron chi connectivity index (χ2n) is 4.35. The van der Waals surface area contributed by atoms with Crippen molar-refractivity contribution in [3.8, 4) is 0 Å². The predicted molar refractivity (Wildman–Crippen MR) is 70.1 cm³/mol. The first kappa shape index (κ1) is 13.1. The third-order valence-corrected chi connectivity index (χ3v) is 3.03. The molecule has 1 amide bonds. The Balaban J connectivity index is 2.22. The number of aromatic nitrogens is 1. The van der Waals surface area contributed by atoms with E-state index in [-0.39, 0.29) is 17.6 Å². The second-order valence-corrected chi connectivity index (χ2v) is 4.35. The summed E-state index contributed by atoms with van der Waals surface area (Å²) < 4.78 is 0. The largest absolute Gasteiger partial charge is 0.373 e. The van der Waals surface area contributed by atoms with Gasteiger partial charge in [0.15, 0.2) is 0 Å². The number of nitro groups is 1. The van der Waals surface area contributed by atoms with Crippen LogP contribution in [0, 0.1) is 10.1 Å². The summed E-state index contributed by atoms with van der Waals surface area (Å²) >= 11 is 0. The van der Waals surface area contributed by atoms with Crippen molar-refractivity contribution < 1.29 is 9.72 Å². The third kappa shape index (κ3) is 2.72. The summed E-state index contributed by atoms with van der Waals surface area (Å²) in [5.74, 6) is 0.682. The Labute approximate surface area is 110 Å². The Bertz CT molecular complexity index is 519. The normalized spacial score (nSPS) is 18.5. The van der Waals surface area contributed by atoms with Crippen LogP contribution in [0.3, 0.4) is 0 Å². The molecule has 0 aromatic carbocycles. The Morgan fingerprint density at radius 2 is 2.16 bits per heavy atom. The van der Waals surface area contributed by atoms with E-state index in [9.17, 15) is 14.9 Å². The van der Waals surface area contributed by atoms with Gasteiger partial charge >= 0.3 is 0 Å². The zero-order chi connectivity index (χ0) is 14.0. The lowest BCUT2D eigenvalue weighted by Crippen LogP contribution is -2.31. The molecular formula is C11H15N5O3. The first-order valence-corrected chi connectivity index (χ1v) is 5.87. The molecule has 19 heavy (non-hydrogen) atoms. The number of amides is 1. The maximum Gasteiger partial charge on any atom is 0.276 e. The van der Waals surface area contributed by atoms with Crippen molar-refractivity contribution in [3.05, 3.63) is 22.2 Å². The maximum atomic E-state index is 11.8. The molecule has 2 heterocycles. The number of likely N-dealkylation sites (N-methyl/N-ethyl adjacent to an activating group) is 1. The number of nitrogens with one attached hydrogen (secondary N) is 2. The molecule has 0 radical (unpaired) electrons. The van der Waals surface area contributed by atoms with Crippen molar-refractivity contribution in [1.82, 2.24) is 9.88 Å². The summed E-state index contributed by atoms with van der Waals surface area (Å²) in [6, 6.07) is 2.30. The highest BCUT2D eigenvalue weighted by Gasteiger charge is 2.29. The van der Waals surface area contributed by atoms with Gasteiger partial charge < -0.3 is 15.5 Å². The molecule has 0 bridgehead atoms. The number of hydrogen-bond donors (Lipinski definition) is 2. The molecule has 1 aromatic heterocycles. The van der Waals surface area contributed by atoms with E-state index in [0.29, 0.717) is 24.6 Å². The van der Waals surface area contributed by atoms with Crippen molar-refractivity contribution in [3.63, 3.8) is 0 Å². The van der Waals surface area contributed by atoms with Crippen LogP contribution in [-0.4, -0.2) is 47.4 Å². The molecule has 1 fully saturated rings. The van der Waals surface area contributed by atoms with Crippen molar-refractivity contribution >= 4 is 23.2 Å². The minimum atomic E-state index is -0.490. The number of hydrogen-bond acceptors (Lipinski definition) is 6. The Hall–Kier alpha value is -2.38. The van der Waals surface area contributed by atoms with Crippen molar-refractivity contribution in [2.24, 2.45) is 0 Å². The average Bonchev–Trinajstić information content (AvgIpc) is 2.70. The lowest BCUT2D eigenvalue weighted by Gasteiger charge is -2.13. The van der Waals surface area contributed by atoms with Gasteiger partial charge in [-0.15, -0.1) is 0 Å². The van der Waals surface area contributed by atoms with E-state index in [4.69, 9.17) is 0 Å². The van der Waals surface area contributed by atoms with Crippen LogP contribution in [0.5, 0.6) is 0 Å². The fourth-order valence-electron chi connectivity index (χ4n) is 1.96. The Morgan fingerprint density at radius 1 is 1.47 bits per heavy atom. The average molecular weight is 265 g/mol. The van der Waals surface area contributed by atoms with Gasteiger partial charge in [-0.2, -0.15) is 0 Å². The third-order valence-electron chi connectivity index (χ3n) is 3.03. The summed E-state index contributed by atoms with van der Waals surface area (Å²) in [4.78, 5) is 27.9. The number of anilines is 2.